The molecule has 0 saturated carbocycles. The lowest BCUT2D eigenvalue weighted by Crippen LogP contribution is -2.26. The highest BCUT2D eigenvalue weighted by molar-refractivity contribution is 6.07. The van der Waals surface area contributed by atoms with Crippen molar-refractivity contribution in [1.29, 1.82) is 0 Å². The SMILES string of the molecule is c1ccc2c(c1)-c1ccccc1C21c2ccccc2-c2ccc(N(c3ccc(-c4ccc(-n5c6ccccc6n6c7ccccc7nc56)cc4)cc3)c3ccc4oc5ccccc5c4c3)cc21. The van der Waals surface area contributed by atoms with Gasteiger partial charge in [-0.25, -0.2) is 4.98 Å². The Morgan fingerprint density at radius 1 is 0.388 bits per heavy atom. The van der Waals surface area contributed by atoms with E-state index in [9.17, 15) is 0 Å². The fraction of sp³-hybridized carbons (Fsp3) is 0.0161. The summed E-state index contributed by atoms with van der Waals surface area (Å²) in [5.74, 6) is 0.906. The summed E-state index contributed by atoms with van der Waals surface area (Å²) in [6.45, 7) is 0. The maximum absolute atomic E-state index is 6.35. The maximum Gasteiger partial charge on any atom is 0.220 e. The van der Waals surface area contributed by atoms with E-state index in [0.717, 1.165) is 83.7 Å². The number of nitrogens with zero attached hydrogens (tertiary/aromatic N) is 4. The summed E-state index contributed by atoms with van der Waals surface area (Å²) >= 11 is 0. The largest absolute Gasteiger partial charge is 0.456 e. The third-order valence-corrected chi connectivity index (χ3v) is 14.5. The summed E-state index contributed by atoms with van der Waals surface area (Å²) in [7, 11) is 0. The molecule has 5 nitrogen and oxygen atoms in total. The van der Waals surface area contributed by atoms with Crippen LogP contribution in [0.5, 0.6) is 0 Å². The lowest BCUT2D eigenvalue weighted by Gasteiger charge is -2.32. The van der Waals surface area contributed by atoms with Gasteiger partial charge in [0.1, 0.15) is 11.2 Å². The van der Waals surface area contributed by atoms with E-state index >= 15 is 0 Å². The number of para-hydroxylation sites is 5. The minimum Gasteiger partial charge on any atom is -0.456 e. The number of benzene rings is 10. The third kappa shape index (κ3) is 4.95. The lowest BCUT2D eigenvalue weighted by atomic mass is 9.70. The zero-order valence-electron chi connectivity index (χ0n) is 36.1. The molecule has 0 aliphatic heterocycles. The quantitative estimate of drug-likeness (QED) is 0.173. The zero-order chi connectivity index (χ0) is 43.8. The Kier molecular flexibility index (Phi) is 7.36. The van der Waals surface area contributed by atoms with Crippen LogP contribution in [0.15, 0.2) is 235 Å². The van der Waals surface area contributed by atoms with Crippen molar-refractivity contribution >= 4 is 66.8 Å². The fourth-order valence-electron chi connectivity index (χ4n) is 11.7. The van der Waals surface area contributed by atoms with Gasteiger partial charge in [0.15, 0.2) is 0 Å². The molecule has 2 aliphatic rings. The van der Waals surface area contributed by atoms with E-state index in [4.69, 9.17) is 9.40 Å². The number of aromatic nitrogens is 3. The molecule has 3 aromatic heterocycles. The Labute approximate surface area is 385 Å². The standard InChI is InChI=1S/C62H38N4O/c1-5-17-51-45(13-1)46-14-2-6-18-52(46)62(51)53-19-7-3-15-47(53)48-35-33-44(38-54(48)62)64(43-34-36-60-50(37-43)49-16-4-12-24-59(49)67-60)41-29-25-39(26-30-41)40-27-31-42(32-28-40)65-57-22-10-11-23-58(57)66-56-21-9-8-20-55(56)63-61(65)66/h1-38H. The van der Waals surface area contributed by atoms with Gasteiger partial charge >= 0.3 is 0 Å². The second-order valence-electron chi connectivity index (χ2n) is 17.9. The molecule has 0 N–H and O–H groups in total. The number of furan rings is 1. The molecule has 0 atom stereocenters. The predicted molar refractivity (Wildman–Crippen MR) is 273 cm³/mol. The number of fused-ring (bicyclic) bond motifs is 18. The van der Waals surface area contributed by atoms with Gasteiger partial charge in [-0.15, -0.1) is 0 Å². The first-order valence-corrected chi connectivity index (χ1v) is 23.0. The topological polar surface area (TPSA) is 38.6 Å². The Hall–Kier alpha value is -8.93. The van der Waals surface area contributed by atoms with Crippen LogP contribution in [0.25, 0.3) is 88.9 Å². The van der Waals surface area contributed by atoms with E-state index in [2.05, 4.69) is 232 Å². The Morgan fingerprint density at radius 2 is 0.910 bits per heavy atom. The first-order chi connectivity index (χ1) is 33.2. The van der Waals surface area contributed by atoms with Gasteiger partial charge in [-0.1, -0.05) is 146 Å². The Bertz CT molecular complexity index is 4110. The maximum atomic E-state index is 6.35. The number of hydrogen-bond acceptors (Lipinski definition) is 3. The van der Waals surface area contributed by atoms with Crippen LogP contribution in [0.2, 0.25) is 0 Å². The molecule has 0 saturated heterocycles. The summed E-state index contributed by atoms with van der Waals surface area (Å²) < 4.78 is 10.9. The van der Waals surface area contributed by atoms with Gasteiger partial charge in [0.25, 0.3) is 0 Å². The van der Waals surface area contributed by atoms with Gasteiger partial charge in [0.05, 0.1) is 27.5 Å². The van der Waals surface area contributed by atoms with E-state index < -0.39 is 5.41 Å². The van der Waals surface area contributed by atoms with Crippen molar-refractivity contribution in [2.45, 2.75) is 5.41 Å². The van der Waals surface area contributed by atoms with Crippen molar-refractivity contribution in [3.63, 3.8) is 0 Å². The molecule has 3 heterocycles. The summed E-state index contributed by atoms with van der Waals surface area (Å²) in [6.07, 6.45) is 0. The second kappa shape index (κ2) is 13.6. The van der Waals surface area contributed by atoms with Crippen LogP contribution in [0, 0.1) is 0 Å². The fourth-order valence-corrected chi connectivity index (χ4v) is 11.7. The van der Waals surface area contributed by atoms with Crippen LogP contribution in [0.1, 0.15) is 22.3 Å². The van der Waals surface area contributed by atoms with E-state index in [1.807, 2.05) is 12.1 Å². The van der Waals surface area contributed by atoms with E-state index in [-0.39, 0.29) is 0 Å². The molecule has 15 rings (SSSR count). The van der Waals surface area contributed by atoms with Gasteiger partial charge in [-0.3, -0.25) is 8.97 Å². The minimum absolute atomic E-state index is 0.453. The van der Waals surface area contributed by atoms with Crippen molar-refractivity contribution < 1.29 is 4.42 Å². The predicted octanol–water partition coefficient (Wildman–Crippen LogP) is 15.8. The average molecular weight is 855 g/mol. The molecule has 10 aromatic carbocycles. The van der Waals surface area contributed by atoms with Gasteiger partial charge in [-0.2, -0.15) is 0 Å². The summed E-state index contributed by atoms with van der Waals surface area (Å²) in [5.41, 5.74) is 22.7. The van der Waals surface area contributed by atoms with Crippen molar-refractivity contribution in [2.24, 2.45) is 0 Å². The number of anilines is 3. The highest BCUT2D eigenvalue weighted by Gasteiger charge is 2.51. The smallest absolute Gasteiger partial charge is 0.220 e. The molecule has 2 aliphatic carbocycles. The van der Waals surface area contributed by atoms with Crippen LogP contribution in [-0.4, -0.2) is 14.0 Å². The molecular formula is C62H38N4O. The molecule has 0 unspecified atom stereocenters. The molecule has 0 bridgehead atoms. The van der Waals surface area contributed by atoms with E-state index in [0.29, 0.717) is 0 Å². The zero-order valence-corrected chi connectivity index (χ0v) is 36.1. The molecule has 13 aromatic rings. The number of imidazole rings is 2. The molecule has 312 valence electrons. The monoisotopic (exact) mass is 854 g/mol. The van der Waals surface area contributed by atoms with E-state index in [1.165, 1.54) is 44.5 Å². The van der Waals surface area contributed by atoms with Crippen LogP contribution < -0.4 is 4.90 Å². The van der Waals surface area contributed by atoms with Gasteiger partial charge in [-0.05, 0) is 141 Å². The Balaban J connectivity index is 0.879. The summed E-state index contributed by atoms with van der Waals surface area (Å²) in [4.78, 5) is 7.51. The van der Waals surface area contributed by atoms with Crippen LogP contribution in [0.3, 0.4) is 0 Å². The highest BCUT2D eigenvalue weighted by atomic mass is 16.3. The average Bonchev–Trinajstić information content (AvgIpc) is 4.18. The van der Waals surface area contributed by atoms with Crippen molar-refractivity contribution in [3.05, 3.63) is 253 Å². The van der Waals surface area contributed by atoms with Crippen molar-refractivity contribution in [3.8, 4) is 39.1 Å². The van der Waals surface area contributed by atoms with E-state index in [1.54, 1.807) is 0 Å². The van der Waals surface area contributed by atoms with Crippen LogP contribution in [0.4, 0.5) is 17.1 Å². The van der Waals surface area contributed by atoms with Gasteiger partial charge < -0.3 is 9.32 Å². The Morgan fingerprint density at radius 3 is 1.63 bits per heavy atom. The molecule has 1 spiro atoms. The molecule has 0 radical (unpaired) electrons. The minimum atomic E-state index is -0.453. The summed E-state index contributed by atoms with van der Waals surface area (Å²) in [6, 6.07) is 83.9. The third-order valence-electron chi connectivity index (χ3n) is 14.5. The number of hydrogen-bond donors (Lipinski definition) is 0. The molecular weight excluding hydrogens is 817 g/mol. The molecule has 0 amide bonds. The molecule has 5 heteroatoms. The van der Waals surface area contributed by atoms with Crippen molar-refractivity contribution in [1.82, 2.24) is 14.0 Å². The van der Waals surface area contributed by atoms with Gasteiger partial charge in [0.2, 0.25) is 5.78 Å². The highest BCUT2D eigenvalue weighted by Crippen LogP contribution is 2.63. The van der Waals surface area contributed by atoms with Crippen LogP contribution in [-0.2, 0) is 5.41 Å². The summed E-state index contributed by atoms with van der Waals surface area (Å²) in [5, 5.41) is 2.20. The number of rotatable bonds is 5. The van der Waals surface area contributed by atoms with Gasteiger partial charge in [0, 0.05) is 33.5 Å². The normalized spacial score (nSPS) is 13.2. The molecule has 0 fully saturated rings. The van der Waals surface area contributed by atoms with Crippen molar-refractivity contribution in [2.75, 3.05) is 4.90 Å². The first-order valence-electron chi connectivity index (χ1n) is 23.0. The molecule has 67 heavy (non-hydrogen) atoms. The lowest BCUT2D eigenvalue weighted by molar-refractivity contribution is 0.669. The second-order valence-corrected chi connectivity index (χ2v) is 17.9. The van der Waals surface area contributed by atoms with Crippen LogP contribution >= 0.6 is 0 Å². The first kappa shape index (κ1) is 36.4.